The van der Waals surface area contributed by atoms with Crippen molar-refractivity contribution in [2.75, 3.05) is 11.7 Å². The second-order valence-corrected chi connectivity index (χ2v) is 8.79. The van der Waals surface area contributed by atoms with Gasteiger partial charge in [-0.2, -0.15) is 0 Å². The molecule has 0 saturated heterocycles. The Bertz CT molecular complexity index is 1020. The summed E-state index contributed by atoms with van der Waals surface area (Å²) >= 11 is 1.46. The number of carbonyl (C=O) groups excluding carboxylic acids is 1. The molecule has 1 heterocycles. The number of thiazole rings is 1. The quantitative estimate of drug-likeness (QED) is 0.684. The van der Waals surface area contributed by atoms with Crippen LogP contribution in [0.15, 0.2) is 41.3 Å². The van der Waals surface area contributed by atoms with E-state index >= 15 is 0 Å². The molecule has 0 aliphatic rings. The molecule has 1 amide bonds. The number of anilines is 1. The van der Waals surface area contributed by atoms with Gasteiger partial charge in [0.2, 0.25) is 5.13 Å². The first-order valence-electron chi connectivity index (χ1n) is 7.49. The third-order valence-electron chi connectivity index (χ3n) is 3.77. The molecule has 0 atom stereocenters. The van der Waals surface area contributed by atoms with E-state index in [9.17, 15) is 13.2 Å². The summed E-state index contributed by atoms with van der Waals surface area (Å²) in [5.74, 6) is -0.368. The summed E-state index contributed by atoms with van der Waals surface area (Å²) in [4.78, 5) is 16.9. The normalized spacial score (nSPS) is 11.5. The van der Waals surface area contributed by atoms with Crippen LogP contribution in [-0.4, -0.2) is 25.6 Å². The number of carbonyl (C=O) groups is 1. The SMILES string of the molecule is Cc1ccc(C)c2sc(NNC(=O)c3ccc(S(C)(=O)=O)cc3)nc12. The average molecular weight is 375 g/mol. The fraction of sp³-hybridized carbons (Fsp3) is 0.176. The predicted octanol–water partition coefficient (Wildman–Crippen LogP) is 3.07. The van der Waals surface area contributed by atoms with E-state index in [1.165, 1.54) is 35.6 Å². The van der Waals surface area contributed by atoms with E-state index < -0.39 is 9.84 Å². The minimum atomic E-state index is -3.28. The number of benzene rings is 2. The maximum absolute atomic E-state index is 12.2. The third kappa shape index (κ3) is 3.64. The van der Waals surface area contributed by atoms with Crippen LogP contribution in [0.2, 0.25) is 0 Å². The topological polar surface area (TPSA) is 88.2 Å². The molecule has 2 N–H and O–H groups in total. The van der Waals surface area contributed by atoms with Gasteiger partial charge in [0.05, 0.1) is 15.1 Å². The van der Waals surface area contributed by atoms with Crippen LogP contribution in [0.5, 0.6) is 0 Å². The van der Waals surface area contributed by atoms with Crippen molar-refractivity contribution in [3.63, 3.8) is 0 Å². The molecule has 8 heteroatoms. The van der Waals surface area contributed by atoms with Crippen molar-refractivity contribution >= 4 is 42.4 Å². The Morgan fingerprint density at radius 2 is 1.68 bits per heavy atom. The highest BCUT2D eigenvalue weighted by Crippen LogP contribution is 2.30. The molecule has 6 nitrogen and oxygen atoms in total. The first-order chi connectivity index (χ1) is 11.8. The lowest BCUT2D eigenvalue weighted by atomic mass is 10.1. The Kier molecular flexibility index (Phi) is 4.49. The highest BCUT2D eigenvalue weighted by molar-refractivity contribution is 7.90. The number of nitrogens with zero attached hydrogens (tertiary/aromatic N) is 1. The summed E-state index contributed by atoms with van der Waals surface area (Å²) < 4.78 is 24.0. The molecule has 0 unspecified atom stereocenters. The lowest BCUT2D eigenvalue weighted by Gasteiger charge is -2.06. The van der Waals surface area contributed by atoms with Gasteiger partial charge in [-0.3, -0.25) is 15.6 Å². The number of fused-ring (bicyclic) bond motifs is 1. The molecule has 130 valence electrons. The molecule has 0 aliphatic carbocycles. The molecule has 3 aromatic rings. The van der Waals surface area contributed by atoms with Gasteiger partial charge in [0, 0.05) is 11.8 Å². The molecular formula is C17H17N3O3S2. The molecular weight excluding hydrogens is 358 g/mol. The number of sulfone groups is 1. The van der Waals surface area contributed by atoms with Crippen molar-refractivity contribution < 1.29 is 13.2 Å². The number of hydrogen-bond acceptors (Lipinski definition) is 6. The summed E-state index contributed by atoms with van der Waals surface area (Å²) in [7, 11) is -3.28. The van der Waals surface area contributed by atoms with Crippen molar-refractivity contribution in [1.82, 2.24) is 10.4 Å². The van der Waals surface area contributed by atoms with Gasteiger partial charge < -0.3 is 0 Å². The zero-order valence-corrected chi connectivity index (χ0v) is 15.6. The minimum absolute atomic E-state index is 0.175. The fourth-order valence-corrected chi connectivity index (χ4v) is 3.94. The van der Waals surface area contributed by atoms with E-state index in [1.807, 2.05) is 26.0 Å². The maximum atomic E-state index is 12.2. The van der Waals surface area contributed by atoms with Gasteiger partial charge in [0.1, 0.15) is 0 Å². The molecule has 0 fully saturated rings. The van der Waals surface area contributed by atoms with E-state index in [-0.39, 0.29) is 10.8 Å². The number of hydrazine groups is 1. The number of aromatic nitrogens is 1. The predicted molar refractivity (Wildman–Crippen MR) is 99.7 cm³/mol. The van der Waals surface area contributed by atoms with Crippen LogP contribution in [0.4, 0.5) is 5.13 Å². The highest BCUT2D eigenvalue weighted by Gasteiger charge is 2.12. The molecule has 3 rings (SSSR count). The highest BCUT2D eigenvalue weighted by atomic mass is 32.2. The van der Waals surface area contributed by atoms with E-state index in [0.29, 0.717) is 10.7 Å². The van der Waals surface area contributed by atoms with E-state index in [1.54, 1.807) is 0 Å². The van der Waals surface area contributed by atoms with Gasteiger partial charge in [-0.1, -0.05) is 23.5 Å². The van der Waals surface area contributed by atoms with Crippen molar-refractivity contribution in [3.05, 3.63) is 53.1 Å². The Labute approximate surface area is 149 Å². The summed E-state index contributed by atoms with van der Waals surface area (Å²) in [5.41, 5.74) is 8.88. The van der Waals surface area contributed by atoms with Crippen LogP contribution in [0, 0.1) is 13.8 Å². The van der Waals surface area contributed by atoms with Crippen LogP contribution >= 0.6 is 11.3 Å². The minimum Gasteiger partial charge on any atom is -0.273 e. The van der Waals surface area contributed by atoms with Crippen molar-refractivity contribution in [2.45, 2.75) is 18.7 Å². The van der Waals surface area contributed by atoms with Gasteiger partial charge in [-0.05, 0) is 49.2 Å². The van der Waals surface area contributed by atoms with Gasteiger partial charge in [-0.25, -0.2) is 13.4 Å². The molecule has 0 aliphatic heterocycles. The van der Waals surface area contributed by atoms with E-state index in [2.05, 4.69) is 15.8 Å². The lowest BCUT2D eigenvalue weighted by Crippen LogP contribution is -2.29. The van der Waals surface area contributed by atoms with Gasteiger partial charge >= 0.3 is 0 Å². The number of nitrogens with one attached hydrogen (secondary N) is 2. The fourth-order valence-electron chi connectivity index (χ4n) is 2.35. The average Bonchev–Trinajstić information content (AvgIpc) is 3.01. The Balaban J connectivity index is 1.74. The summed E-state index contributed by atoms with van der Waals surface area (Å²) in [6.07, 6.45) is 1.13. The number of rotatable bonds is 4. The zero-order valence-electron chi connectivity index (χ0n) is 14.0. The molecule has 0 radical (unpaired) electrons. The van der Waals surface area contributed by atoms with Crippen LogP contribution in [0.25, 0.3) is 10.2 Å². The third-order valence-corrected chi connectivity index (χ3v) is 6.00. The van der Waals surface area contributed by atoms with Crippen molar-refractivity contribution in [1.29, 1.82) is 0 Å². The van der Waals surface area contributed by atoms with Crippen LogP contribution in [0.3, 0.4) is 0 Å². The molecule has 0 bridgehead atoms. The number of hydrogen-bond donors (Lipinski definition) is 2. The van der Waals surface area contributed by atoms with Crippen LogP contribution in [0.1, 0.15) is 21.5 Å². The maximum Gasteiger partial charge on any atom is 0.269 e. The van der Waals surface area contributed by atoms with Crippen LogP contribution in [-0.2, 0) is 9.84 Å². The first kappa shape index (κ1) is 17.4. The second kappa shape index (κ2) is 6.45. The zero-order chi connectivity index (χ0) is 18.2. The Hall–Kier alpha value is -2.45. The summed E-state index contributed by atoms with van der Waals surface area (Å²) in [6.45, 7) is 4.01. The molecule has 1 aromatic heterocycles. The van der Waals surface area contributed by atoms with E-state index in [4.69, 9.17) is 0 Å². The smallest absolute Gasteiger partial charge is 0.269 e. The lowest BCUT2D eigenvalue weighted by molar-refractivity contribution is 0.0962. The molecule has 0 spiro atoms. The number of amides is 1. The first-order valence-corrected chi connectivity index (χ1v) is 10.2. The number of aryl methyl sites for hydroxylation is 2. The van der Waals surface area contributed by atoms with E-state index in [0.717, 1.165) is 27.6 Å². The van der Waals surface area contributed by atoms with Gasteiger partial charge in [0.25, 0.3) is 5.91 Å². The standard InChI is InChI=1S/C17H17N3O3S2/c1-10-4-5-11(2)15-14(10)18-17(24-15)20-19-16(21)12-6-8-13(9-7-12)25(3,22)23/h4-9H,1-3H3,(H,18,20)(H,19,21). The summed E-state index contributed by atoms with van der Waals surface area (Å²) in [6, 6.07) is 9.83. The van der Waals surface area contributed by atoms with Gasteiger partial charge in [-0.15, -0.1) is 0 Å². The van der Waals surface area contributed by atoms with Crippen molar-refractivity contribution in [2.24, 2.45) is 0 Å². The molecule has 25 heavy (non-hydrogen) atoms. The van der Waals surface area contributed by atoms with Gasteiger partial charge in [0.15, 0.2) is 9.84 Å². The molecule has 2 aromatic carbocycles. The Morgan fingerprint density at radius 1 is 1.04 bits per heavy atom. The largest absolute Gasteiger partial charge is 0.273 e. The van der Waals surface area contributed by atoms with Crippen LogP contribution < -0.4 is 10.9 Å². The monoisotopic (exact) mass is 375 g/mol. The van der Waals surface area contributed by atoms with Crippen molar-refractivity contribution in [3.8, 4) is 0 Å². The molecule has 0 saturated carbocycles. The summed E-state index contributed by atoms with van der Waals surface area (Å²) in [5, 5.41) is 0.591. The second-order valence-electron chi connectivity index (χ2n) is 5.77. The Morgan fingerprint density at radius 3 is 2.28 bits per heavy atom.